The quantitative estimate of drug-likeness (QED) is 0.443. The number of Topliss-reactive ketones (excluding diaryl/α,β-unsaturated/α-hetero) is 1. The first-order valence-electron chi connectivity index (χ1n) is 12.8. The Labute approximate surface area is 198 Å². The van der Waals surface area contributed by atoms with E-state index in [1.54, 1.807) is 7.11 Å². The molecule has 0 spiro atoms. The van der Waals surface area contributed by atoms with E-state index in [0.29, 0.717) is 31.4 Å². The molecule has 0 radical (unpaired) electrons. The highest BCUT2D eigenvalue weighted by molar-refractivity contribution is 6.05. The summed E-state index contributed by atoms with van der Waals surface area (Å²) >= 11 is 0. The highest BCUT2D eigenvalue weighted by atomic mass is 16.5. The van der Waals surface area contributed by atoms with Gasteiger partial charge in [-0.25, -0.2) is 0 Å². The normalized spacial score (nSPS) is 37.2. The summed E-state index contributed by atoms with van der Waals surface area (Å²) in [5.74, 6) is 1.35. The van der Waals surface area contributed by atoms with Gasteiger partial charge in [-0.1, -0.05) is 39.2 Å². The fraction of sp³-hybridized carbons (Fsp3) is 0.714. The summed E-state index contributed by atoms with van der Waals surface area (Å²) in [6.07, 6.45) is 7.42. The molecule has 0 amide bonds. The summed E-state index contributed by atoms with van der Waals surface area (Å²) < 4.78 is 11.2. The average Bonchev–Trinajstić information content (AvgIpc) is 2.76. The third-order valence-corrected chi connectivity index (χ3v) is 10.3. The van der Waals surface area contributed by atoms with Crippen LogP contribution in [-0.2, 0) is 26.2 Å². The van der Waals surface area contributed by atoms with Crippen molar-refractivity contribution in [1.82, 2.24) is 4.90 Å². The number of benzene rings is 1. The van der Waals surface area contributed by atoms with E-state index in [1.165, 1.54) is 30.4 Å². The number of ether oxygens (including phenoxy) is 2. The molecule has 4 bridgehead atoms. The van der Waals surface area contributed by atoms with Gasteiger partial charge in [0.05, 0.1) is 13.7 Å². The van der Waals surface area contributed by atoms with Crippen molar-refractivity contribution in [2.24, 2.45) is 16.7 Å². The number of piperidine rings is 2. The summed E-state index contributed by atoms with van der Waals surface area (Å²) in [5, 5.41) is 0. The number of hydrogen-bond donors (Lipinski definition) is 0. The SMILES string of the molecule is CCOC(=O)C1(C(=O)CCC2CCC2)C[C@]2(C)C3Cc4ccc(OC)cc4[C@]2(C)CC1N3C. The van der Waals surface area contributed by atoms with Gasteiger partial charge < -0.3 is 9.47 Å². The summed E-state index contributed by atoms with van der Waals surface area (Å²) in [4.78, 5) is 30.0. The summed E-state index contributed by atoms with van der Waals surface area (Å²) in [5.41, 5.74) is 1.30. The number of ketones is 1. The summed E-state index contributed by atoms with van der Waals surface area (Å²) in [6, 6.07) is 6.61. The summed E-state index contributed by atoms with van der Waals surface area (Å²) in [7, 11) is 3.85. The maximum Gasteiger partial charge on any atom is 0.321 e. The van der Waals surface area contributed by atoms with Crippen LogP contribution in [0.4, 0.5) is 0 Å². The van der Waals surface area contributed by atoms with Crippen molar-refractivity contribution < 1.29 is 19.1 Å². The zero-order valence-corrected chi connectivity index (χ0v) is 20.9. The number of rotatable bonds is 7. The number of esters is 1. The molecule has 5 nitrogen and oxygen atoms in total. The monoisotopic (exact) mass is 453 g/mol. The predicted octanol–water partition coefficient (Wildman–Crippen LogP) is 4.69. The van der Waals surface area contributed by atoms with Crippen LogP contribution < -0.4 is 4.74 Å². The lowest BCUT2D eigenvalue weighted by atomic mass is 9.39. The first-order valence-corrected chi connectivity index (χ1v) is 12.8. The van der Waals surface area contributed by atoms with Crippen molar-refractivity contribution in [2.45, 2.75) is 89.6 Å². The molecule has 1 aromatic carbocycles. The minimum atomic E-state index is -1.06. The van der Waals surface area contributed by atoms with Gasteiger partial charge in [-0.15, -0.1) is 0 Å². The molecule has 6 rings (SSSR count). The van der Waals surface area contributed by atoms with Crippen molar-refractivity contribution in [3.05, 3.63) is 29.3 Å². The Hall–Kier alpha value is -1.88. The molecule has 2 saturated heterocycles. The van der Waals surface area contributed by atoms with E-state index in [2.05, 4.69) is 44.0 Å². The van der Waals surface area contributed by atoms with Crippen molar-refractivity contribution >= 4 is 11.8 Å². The standard InChI is InChI=1S/C28H39NO4/c1-6-33-25(31)28(24(30)13-10-18-8-7-9-18)17-27(3)22-14-19-11-12-20(32-5)15-21(19)26(27,2)16-23(28)29(22)4/h11-12,15,18,22-23H,6-10,13-14,16-17H2,1-5H3/t22?,23?,26-,27+,28?/m0/s1. The van der Waals surface area contributed by atoms with E-state index in [4.69, 9.17) is 9.47 Å². The number of carbonyl (C=O) groups excluding carboxylic acids is 2. The number of likely N-dealkylation sites (N-methyl/N-ethyl adjacent to an activating group) is 1. The van der Waals surface area contributed by atoms with Gasteiger partial charge in [0.15, 0.2) is 5.78 Å². The van der Waals surface area contributed by atoms with Gasteiger partial charge in [0.1, 0.15) is 11.2 Å². The van der Waals surface area contributed by atoms with E-state index in [1.807, 2.05) is 6.92 Å². The lowest BCUT2D eigenvalue weighted by Crippen LogP contribution is -2.78. The molecule has 0 N–H and O–H groups in total. The Kier molecular flexibility index (Phi) is 5.43. The molecule has 2 aliphatic heterocycles. The van der Waals surface area contributed by atoms with Gasteiger partial charge in [-0.2, -0.15) is 0 Å². The van der Waals surface area contributed by atoms with Crippen LogP contribution in [0.2, 0.25) is 0 Å². The Morgan fingerprint density at radius 3 is 2.58 bits per heavy atom. The topological polar surface area (TPSA) is 55.8 Å². The minimum absolute atomic E-state index is 0.114. The van der Waals surface area contributed by atoms with E-state index < -0.39 is 5.41 Å². The van der Waals surface area contributed by atoms with Gasteiger partial charge >= 0.3 is 5.97 Å². The van der Waals surface area contributed by atoms with E-state index in [0.717, 1.165) is 25.0 Å². The summed E-state index contributed by atoms with van der Waals surface area (Å²) in [6.45, 7) is 6.82. The molecule has 0 aromatic heterocycles. The van der Waals surface area contributed by atoms with Crippen LogP contribution in [0.25, 0.3) is 0 Å². The fourth-order valence-electron chi connectivity index (χ4n) is 7.91. The Morgan fingerprint density at radius 2 is 1.94 bits per heavy atom. The van der Waals surface area contributed by atoms with Crippen molar-refractivity contribution in [2.75, 3.05) is 20.8 Å². The third-order valence-electron chi connectivity index (χ3n) is 10.3. The second-order valence-electron chi connectivity index (χ2n) is 11.5. The van der Waals surface area contributed by atoms with Crippen LogP contribution in [0.3, 0.4) is 0 Å². The highest BCUT2D eigenvalue weighted by Gasteiger charge is 2.73. The highest BCUT2D eigenvalue weighted by Crippen LogP contribution is 2.68. The zero-order chi connectivity index (χ0) is 23.6. The molecule has 180 valence electrons. The molecule has 3 unspecified atom stereocenters. The zero-order valence-electron chi connectivity index (χ0n) is 20.9. The van der Waals surface area contributed by atoms with Crippen LogP contribution in [0.15, 0.2) is 18.2 Å². The van der Waals surface area contributed by atoms with E-state index in [9.17, 15) is 9.59 Å². The second kappa shape index (κ2) is 7.83. The first-order chi connectivity index (χ1) is 15.7. The lowest BCUT2D eigenvalue weighted by Gasteiger charge is -2.71. The largest absolute Gasteiger partial charge is 0.497 e. The molecule has 5 atom stereocenters. The van der Waals surface area contributed by atoms with Crippen LogP contribution >= 0.6 is 0 Å². The molecule has 1 aromatic rings. The van der Waals surface area contributed by atoms with Crippen LogP contribution in [0.5, 0.6) is 5.75 Å². The molecular weight excluding hydrogens is 414 g/mol. The van der Waals surface area contributed by atoms with Gasteiger partial charge in [0.25, 0.3) is 0 Å². The van der Waals surface area contributed by atoms with Crippen LogP contribution in [0.1, 0.15) is 76.8 Å². The maximum atomic E-state index is 14.0. The Bertz CT molecular complexity index is 971. The molecule has 2 saturated carbocycles. The Morgan fingerprint density at radius 1 is 1.18 bits per heavy atom. The third kappa shape index (κ3) is 3.00. The smallest absolute Gasteiger partial charge is 0.321 e. The number of fused-ring (bicyclic) bond motifs is 2. The lowest BCUT2D eigenvalue weighted by molar-refractivity contribution is -0.208. The molecule has 3 aliphatic carbocycles. The molecular formula is C28H39NO4. The Balaban J connectivity index is 1.58. The van der Waals surface area contributed by atoms with Gasteiger partial charge in [-0.05, 0) is 74.2 Å². The fourth-order valence-corrected chi connectivity index (χ4v) is 7.91. The van der Waals surface area contributed by atoms with Crippen LogP contribution in [-0.4, -0.2) is 49.5 Å². The van der Waals surface area contributed by atoms with E-state index >= 15 is 0 Å². The van der Waals surface area contributed by atoms with Gasteiger partial charge in [0, 0.05) is 23.9 Å². The molecule has 4 fully saturated rings. The van der Waals surface area contributed by atoms with Crippen LogP contribution in [0, 0.1) is 16.7 Å². The second-order valence-corrected chi connectivity index (χ2v) is 11.5. The minimum Gasteiger partial charge on any atom is -0.497 e. The molecule has 5 heteroatoms. The first kappa shape index (κ1) is 22.9. The number of nitrogens with zero attached hydrogens (tertiary/aromatic N) is 1. The molecule has 2 heterocycles. The molecule has 33 heavy (non-hydrogen) atoms. The number of methoxy groups -OCH3 is 1. The van der Waals surface area contributed by atoms with E-state index in [-0.39, 0.29) is 28.6 Å². The van der Waals surface area contributed by atoms with Gasteiger partial charge in [-0.3, -0.25) is 14.5 Å². The number of hydrogen-bond acceptors (Lipinski definition) is 5. The predicted molar refractivity (Wildman–Crippen MR) is 127 cm³/mol. The van der Waals surface area contributed by atoms with Gasteiger partial charge in [0.2, 0.25) is 0 Å². The molecule has 5 aliphatic rings. The van der Waals surface area contributed by atoms with Crippen molar-refractivity contribution in [3.63, 3.8) is 0 Å². The number of carbonyl (C=O) groups is 2. The van der Waals surface area contributed by atoms with Crippen molar-refractivity contribution in [3.8, 4) is 5.75 Å². The maximum absolute atomic E-state index is 14.0. The average molecular weight is 454 g/mol. The van der Waals surface area contributed by atoms with Crippen molar-refractivity contribution in [1.29, 1.82) is 0 Å².